The van der Waals surface area contributed by atoms with Gasteiger partial charge in [0.25, 0.3) is 0 Å². The zero-order valence-electron chi connectivity index (χ0n) is 10.5. The highest BCUT2D eigenvalue weighted by atomic mass is 19.1. The molecule has 0 amide bonds. The maximum Gasteiger partial charge on any atom is 0.165 e. The van der Waals surface area contributed by atoms with Gasteiger partial charge in [-0.15, -0.1) is 6.58 Å². The highest BCUT2D eigenvalue weighted by molar-refractivity contribution is 5.32. The SMILES string of the molecule is C=CCCC(NCC)c1ccc(F)c(OC)c1. The molecule has 0 fully saturated rings. The first-order valence-electron chi connectivity index (χ1n) is 5.90. The van der Waals surface area contributed by atoms with Crippen molar-refractivity contribution in [2.45, 2.75) is 25.8 Å². The van der Waals surface area contributed by atoms with Gasteiger partial charge in [-0.3, -0.25) is 0 Å². The Morgan fingerprint density at radius 2 is 2.29 bits per heavy atom. The molecule has 0 aliphatic carbocycles. The largest absolute Gasteiger partial charge is 0.494 e. The fourth-order valence-electron chi connectivity index (χ4n) is 1.81. The first kappa shape index (κ1) is 13.7. The van der Waals surface area contributed by atoms with Crippen molar-refractivity contribution in [3.8, 4) is 5.75 Å². The Balaban J connectivity index is 2.88. The summed E-state index contributed by atoms with van der Waals surface area (Å²) in [5, 5.41) is 3.38. The van der Waals surface area contributed by atoms with Gasteiger partial charge in [0.1, 0.15) is 0 Å². The number of halogens is 1. The lowest BCUT2D eigenvalue weighted by Crippen LogP contribution is -2.20. The molecule has 0 radical (unpaired) electrons. The molecular formula is C14H20FNO. The van der Waals surface area contributed by atoms with Crippen LogP contribution in [0.15, 0.2) is 30.9 Å². The smallest absolute Gasteiger partial charge is 0.165 e. The van der Waals surface area contributed by atoms with E-state index in [4.69, 9.17) is 4.74 Å². The molecule has 0 aromatic heterocycles. The first-order valence-corrected chi connectivity index (χ1v) is 5.90. The van der Waals surface area contributed by atoms with E-state index < -0.39 is 0 Å². The number of rotatable bonds is 7. The number of benzene rings is 1. The minimum atomic E-state index is -0.324. The number of ether oxygens (including phenoxy) is 1. The summed E-state index contributed by atoms with van der Waals surface area (Å²) in [5.74, 6) is -0.0285. The van der Waals surface area contributed by atoms with Crippen LogP contribution in [-0.2, 0) is 0 Å². The van der Waals surface area contributed by atoms with E-state index in [0.717, 1.165) is 24.9 Å². The van der Waals surface area contributed by atoms with Crippen LogP contribution in [0.25, 0.3) is 0 Å². The molecule has 17 heavy (non-hydrogen) atoms. The number of methoxy groups -OCH3 is 1. The first-order chi connectivity index (χ1) is 8.22. The van der Waals surface area contributed by atoms with Gasteiger partial charge in [-0.2, -0.15) is 0 Å². The van der Waals surface area contributed by atoms with Crippen molar-refractivity contribution in [1.82, 2.24) is 5.32 Å². The van der Waals surface area contributed by atoms with Gasteiger partial charge in [0.15, 0.2) is 11.6 Å². The van der Waals surface area contributed by atoms with Gasteiger partial charge in [-0.25, -0.2) is 4.39 Å². The van der Waals surface area contributed by atoms with Gasteiger partial charge < -0.3 is 10.1 Å². The topological polar surface area (TPSA) is 21.3 Å². The predicted octanol–water partition coefficient (Wildman–Crippen LogP) is 3.45. The van der Waals surface area contributed by atoms with E-state index in [9.17, 15) is 4.39 Å². The molecule has 1 rings (SSSR count). The van der Waals surface area contributed by atoms with Crippen molar-refractivity contribution in [2.24, 2.45) is 0 Å². The standard InChI is InChI=1S/C14H20FNO/c1-4-6-7-13(16-5-2)11-8-9-12(15)14(10-11)17-3/h4,8-10,13,16H,1,5-7H2,2-3H3. The quantitative estimate of drug-likeness (QED) is 0.733. The average Bonchev–Trinajstić information content (AvgIpc) is 2.35. The summed E-state index contributed by atoms with van der Waals surface area (Å²) in [6.07, 6.45) is 3.77. The third kappa shape index (κ3) is 3.86. The number of hydrogen-bond donors (Lipinski definition) is 1. The lowest BCUT2D eigenvalue weighted by molar-refractivity contribution is 0.384. The maximum absolute atomic E-state index is 13.3. The molecule has 0 aliphatic heterocycles. The van der Waals surface area contributed by atoms with Gasteiger partial charge in [0.2, 0.25) is 0 Å². The van der Waals surface area contributed by atoms with Crippen molar-refractivity contribution >= 4 is 0 Å². The van der Waals surface area contributed by atoms with Gasteiger partial charge in [0, 0.05) is 6.04 Å². The van der Waals surface area contributed by atoms with Gasteiger partial charge in [-0.05, 0) is 37.1 Å². The van der Waals surface area contributed by atoms with Crippen LogP contribution in [0.2, 0.25) is 0 Å². The van der Waals surface area contributed by atoms with Gasteiger partial charge in [-0.1, -0.05) is 19.1 Å². The molecule has 0 bridgehead atoms. The molecule has 3 heteroatoms. The van der Waals surface area contributed by atoms with E-state index in [1.807, 2.05) is 6.08 Å². The molecule has 0 heterocycles. The second-order valence-electron chi connectivity index (χ2n) is 3.87. The lowest BCUT2D eigenvalue weighted by Gasteiger charge is -2.18. The second-order valence-corrected chi connectivity index (χ2v) is 3.87. The van der Waals surface area contributed by atoms with Gasteiger partial charge in [0.05, 0.1) is 7.11 Å². The van der Waals surface area contributed by atoms with Crippen LogP contribution < -0.4 is 10.1 Å². The van der Waals surface area contributed by atoms with E-state index >= 15 is 0 Å². The van der Waals surface area contributed by atoms with Crippen LogP contribution in [-0.4, -0.2) is 13.7 Å². The van der Waals surface area contributed by atoms with Crippen molar-refractivity contribution in [3.63, 3.8) is 0 Å². The Bertz CT molecular complexity index is 365. The third-order valence-corrected chi connectivity index (χ3v) is 2.69. The molecule has 0 saturated heterocycles. The maximum atomic E-state index is 13.3. The molecule has 1 aromatic carbocycles. The van der Waals surface area contributed by atoms with Crippen LogP contribution in [0.3, 0.4) is 0 Å². The molecule has 0 aliphatic rings. The van der Waals surface area contributed by atoms with Crippen molar-refractivity contribution in [3.05, 3.63) is 42.2 Å². The second kappa shape index (κ2) is 7.07. The normalized spacial score (nSPS) is 12.2. The molecule has 1 N–H and O–H groups in total. The summed E-state index contributed by atoms with van der Waals surface area (Å²) < 4.78 is 18.3. The van der Waals surface area contributed by atoms with Crippen molar-refractivity contribution < 1.29 is 9.13 Å². The summed E-state index contributed by atoms with van der Waals surface area (Å²) >= 11 is 0. The minimum Gasteiger partial charge on any atom is -0.494 e. The number of nitrogens with one attached hydrogen (secondary N) is 1. The fraction of sp³-hybridized carbons (Fsp3) is 0.429. The molecule has 1 unspecified atom stereocenters. The van der Waals surface area contributed by atoms with Crippen LogP contribution >= 0.6 is 0 Å². The Morgan fingerprint density at radius 3 is 2.88 bits per heavy atom. The fourth-order valence-corrected chi connectivity index (χ4v) is 1.81. The van der Waals surface area contributed by atoms with Crippen molar-refractivity contribution in [2.75, 3.05) is 13.7 Å². The number of allylic oxidation sites excluding steroid dienone is 1. The van der Waals surface area contributed by atoms with E-state index in [1.165, 1.54) is 13.2 Å². The molecule has 1 aromatic rings. The molecule has 1 atom stereocenters. The van der Waals surface area contributed by atoms with E-state index in [1.54, 1.807) is 12.1 Å². The molecule has 94 valence electrons. The molecule has 2 nitrogen and oxygen atoms in total. The Hall–Kier alpha value is -1.35. The summed E-state index contributed by atoms with van der Waals surface area (Å²) in [6, 6.07) is 5.22. The predicted molar refractivity (Wildman–Crippen MR) is 68.8 cm³/mol. The van der Waals surface area contributed by atoms with Crippen LogP contribution in [0.5, 0.6) is 5.75 Å². The zero-order chi connectivity index (χ0) is 12.7. The summed E-state index contributed by atoms with van der Waals surface area (Å²) in [7, 11) is 1.48. The van der Waals surface area contributed by atoms with Gasteiger partial charge >= 0.3 is 0 Å². The Morgan fingerprint density at radius 1 is 1.53 bits per heavy atom. The lowest BCUT2D eigenvalue weighted by atomic mass is 10.0. The Labute approximate surface area is 102 Å². The zero-order valence-corrected chi connectivity index (χ0v) is 10.5. The monoisotopic (exact) mass is 237 g/mol. The summed E-state index contributed by atoms with van der Waals surface area (Å²) in [4.78, 5) is 0. The Kier molecular flexibility index (Phi) is 5.70. The van der Waals surface area contributed by atoms with Crippen molar-refractivity contribution in [1.29, 1.82) is 0 Å². The highest BCUT2D eigenvalue weighted by Gasteiger charge is 2.12. The highest BCUT2D eigenvalue weighted by Crippen LogP contribution is 2.25. The molecular weight excluding hydrogens is 217 g/mol. The van der Waals surface area contributed by atoms with Crippen LogP contribution in [0.1, 0.15) is 31.4 Å². The number of hydrogen-bond acceptors (Lipinski definition) is 2. The van der Waals surface area contributed by atoms with E-state index in [2.05, 4.69) is 18.8 Å². The molecule has 0 spiro atoms. The summed E-state index contributed by atoms with van der Waals surface area (Å²) in [6.45, 7) is 6.66. The minimum absolute atomic E-state index is 0.215. The average molecular weight is 237 g/mol. The van der Waals surface area contributed by atoms with Crippen LogP contribution in [0.4, 0.5) is 4.39 Å². The van der Waals surface area contributed by atoms with E-state index in [-0.39, 0.29) is 11.9 Å². The van der Waals surface area contributed by atoms with Crippen LogP contribution in [0, 0.1) is 5.82 Å². The van der Waals surface area contributed by atoms with E-state index in [0.29, 0.717) is 5.75 Å². The molecule has 0 saturated carbocycles. The summed E-state index contributed by atoms with van der Waals surface area (Å²) in [5.41, 5.74) is 1.05. The third-order valence-electron chi connectivity index (χ3n) is 2.69.